The van der Waals surface area contributed by atoms with Gasteiger partial charge in [-0.05, 0) is 57.3 Å². The summed E-state index contributed by atoms with van der Waals surface area (Å²) in [4.78, 5) is 11.7. The second kappa shape index (κ2) is 15.2. The van der Waals surface area contributed by atoms with Crippen LogP contribution in [0.2, 0.25) is 0 Å². The molecular formula is C36H61NaO11. The SMILES string of the molecule is CC[C@@]1([C@@H]2O[C@@H]([C@H]3O[C@@](O)(CO)[C@H](C)C[C@@H]3C)C[C@@H]2C)CC[C@H]([C@]2(C)CC[C@]3(C[C@H](O)[C@@H](C)[C@@H]([C@H](C)[C@@H](OC)C(C)C(=O)[O-])O3)O2)O1.[Na+]. The van der Waals surface area contributed by atoms with Gasteiger partial charge in [-0.3, -0.25) is 0 Å². The smallest absolute Gasteiger partial charge is 0.550 e. The molecule has 0 amide bonds. The topological polar surface area (TPSA) is 156 Å². The van der Waals surface area contributed by atoms with Crippen molar-refractivity contribution in [2.75, 3.05) is 13.7 Å². The third-order valence-corrected chi connectivity index (χ3v) is 13.0. The minimum absolute atomic E-state index is 0. The predicted octanol–water partition coefficient (Wildman–Crippen LogP) is -0.0578. The van der Waals surface area contributed by atoms with Crippen molar-refractivity contribution in [3.63, 3.8) is 0 Å². The maximum Gasteiger partial charge on any atom is 1.00 e. The molecule has 0 aliphatic carbocycles. The minimum atomic E-state index is -1.57. The standard InChI is InChI=1S/C36H62O11.Na/c1-10-34(31-20(3)16-26(43-31)28-19(2)15-21(4)36(41,18-37)46-28)12-11-27(44-34)33(8)13-14-35(47-33)17-25(38)22(5)30(45-35)23(6)29(42-9)24(7)32(39)40;/h19-31,37-38,41H,10-18H2,1-9H3,(H,39,40);/q;+1/p-1/t19-,20-,21+,22+,23+,24?,25-,26+,27+,28-,29+,30-,31+,33-,34-,35+,36-;/m0./s1. The van der Waals surface area contributed by atoms with Crippen LogP contribution in [0.5, 0.6) is 0 Å². The van der Waals surface area contributed by atoms with Gasteiger partial charge in [-0.25, -0.2) is 0 Å². The average molecular weight is 693 g/mol. The molecule has 5 saturated heterocycles. The van der Waals surface area contributed by atoms with Gasteiger partial charge in [-0.2, -0.15) is 0 Å². The Bertz CT molecular complexity index is 1110. The third kappa shape index (κ3) is 7.33. The van der Waals surface area contributed by atoms with Crippen LogP contribution in [0.1, 0.15) is 107 Å². The Balaban J connectivity index is 0.00000520. The predicted molar refractivity (Wildman–Crippen MR) is 170 cm³/mol. The summed E-state index contributed by atoms with van der Waals surface area (Å²) >= 11 is 0. The Kier molecular flexibility index (Phi) is 13.0. The molecule has 0 radical (unpaired) electrons. The van der Waals surface area contributed by atoms with Crippen molar-refractivity contribution in [2.45, 2.75) is 172 Å². The van der Waals surface area contributed by atoms with Gasteiger partial charge in [0.05, 0.1) is 60.5 Å². The van der Waals surface area contributed by atoms with Crippen LogP contribution in [-0.2, 0) is 33.2 Å². The van der Waals surface area contributed by atoms with Crippen molar-refractivity contribution in [2.24, 2.45) is 35.5 Å². The van der Waals surface area contributed by atoms with E-state index in [4.69, 9.17) is 28.4 Å². The number of carbonyl (C=O) groups is 1. The van der Waals surface area contributed by atoms with Crippen LogP contribution in [0.3, 0.4) is 0 Å². The van der Waals surface area contributed by atoms with Gasteiger partial charge in [-0.1, -0.05) is 48.5 Å². The molecule has 0 aromatic heterocycles. The van der Waals surface area contributed by atoms with E-state index in [1.807, 2.05) is 20.8 Å². The van der Waals surface area contributed by atoms with Crippen molar-refractivity contribution in [1.82, 2.24) is 0 Å². The van der Waals surface area contributed by atoms with Crippen molar-refractivity contribution in [1.29, 1.82) is 0 Å². The second-order valence-corrected chi connectivity index (χ2v) is 16.3. The van der Waals surface area contributed by atoms with Gasteiger partial charge in [0.2, 0.25) is 0 Å². The van der Waals surface area contributed by atoms with E-state index in [0.717, 1.165) is 32.1 Å². The monoisotopic (exact) mass is 692 g/mol. The van der Waals surface area contributed by atoms with Crippen molar-refractivity contribution >= 4 is 5.97 Å². The molecule has 272 valence electrons. The number of aliphatic hydroxyl groups is 3. The van der Waals surface area contributed by atoms with E-state index in [2.05, 4.69) is 27.7 Å². The molecule has 5 fully saturated rings. The number of aliphatic hydroxyl groups excluding tert-OH is 2. The molecule has 5 aliphatic rings. The van der Waals surface area contributed by atoms with E-state index in [0.29, 0.717) is 19.3 Å². The summed E-state index contributed by atoms with van der Waals surface area (Å²) < 4.78 is 39.3. The summed E-state index contributed by atoms with van der Waals surface area (Å²) in [7, 11) is 1.50. The number of carboxylic acids is 1. The van der Waals surface area contributed by atoms with Crippen LogP contribution in [0.15, 0.2) is 0 Å². The Morgan fingerprint density at radius 2 is 1.73 bits per heavy atom. The molecular weight excluding hydrogens is 631 g/mol. The maximum atomic E-state index is 11.7. The molecule has 0 bridgehead atoms. The molecule has 3 N–H and O–H groups in total. The Hall–Kier alpha value is 0.110. The van der Waals surface area contributed by atoms with Crippen LogP contribution in [0.25, 0.3) is 0 Å². The normalized spacial score (nSPS) is 49.8. The maximum absolute atomic E-state index is 11.7. The fourth-order valence-electron chi connectivity index (χ4n) is 9.91. The molecule has 0 aromatic carbocycles. The van der Waals surface area contributed by atoms with E-state index in [1.54, 1.807) is 6.92 Å². The van der Waals surface area contributed by atoms with Crippen molar-refractivity contribution < 1.29 is 83.2 Å². The summed E-state index contributed by atoms with van der Waals surface area (Å²) in [6, 6.07) is 0. The molecule has 17 atom stereocenters. The number of hydrogen-bond acceptors (Lipinski definition) is 11. The van der Waals surface area contributed by atoms with Crippen LogP contribution in [0, 0.1) is 35.5 Å². The molecule has 5 aliphatic heterocycles. The first-order valence-corrected chi connectivity index (χ1v) is 18.1. The molecule has 5 heterocycles. The Morgan fingerprint density at radius 3 is 2.33 bits per heavy atom. The first-order chi connectivity index (χ1) is 22.0. The van der Waals surface area contributed by atoms with E-state index >= 15 is 0 Å². The number of aliphatic carboxylic acids is 1. The second-order valence-electron chi connectivity index (χ2n) is 16.3. The zero-order valence-corrected chi connectivity index (χ0v) is 33.0. The zero-order valence-electron chi connectivity index (χ0n) is 31.0. The van der Waals surface area contributed by atoms with E-state index in [-0.39, 0.29) is 83.6 Å². The van der Waals surface area contributed by atoms with Gasteiger partial charge >= 0.3 is 29.6 Å². The van der Waals surface area contributed by atoms with Gasteiger partial charge < -0.3 is 53.6 Å². The number of ether oxygens (including phenoxy) is 6. The quantitative estimate of drug-likeness (QED) is 0.264. The van der Waals surface area contributed by atoms with E-state index < -0.39 is 59.6 Å². The summed E-state index contributed by atoms with van der Waals surface area (Å²) in [6.07, 6.45) is 2.81. The first kappa shape index (κ1) is 40.9. The summed E-state index contributed by atoms with van der Waals surface area (Å²) in [5, 5.41) is 43.9. The average Bonchev–Trinajstić information content (AvgIpc) is 3.73. The fraction of sp³-hybridized carbons (Fsp3) is 0.972. The van der Waals surface area contributed by atoms with E-state index in [1.165, 1.54) is 7.11 Å². The van der Waals surface area contributed by atoms with E-state index in [9.17, 15) is 25.2 Å². The first-order valence-electron chi connectivity index (χ1n) is 18.1. The number of carbonyl (C=O) groups excluding carboxylic acids is 1. The van der Waals surface area contributed by atoms with Crippen LogP contribution >= 0.6 is 0 Å². The molecule has 0 saturated carbocycles. The molecule has 0 aromatic rings. The van der Waals surface area contributed by atoms with Crippen LogP contribution < -0.4 is 34.7 Å². The molecule has 5 rings (SSSR count). The molecule has 48 heavy (non-hydrogen) atoms. The van der Waals surface area contributed by atoms with Crippen molar-refractivity contribution in [3.05, 3.63) is 0 Å². The number of methoxy groups -OCH3 is 1. The summed E-state index contributed by atoms with van der Waals surface area (Å²) in [5.74, 6) is -4.97. The summed E-state index contributed by atoms with van der Waals surface area (Å²) in [5.41, 5.74) is -1.16. The number of carboxylic acid groups (broad SMARTS) is 1. The van der Waals surface area contributed by atoms with Crippen LogP contribution in [0.4, 0.5) is 0 Å². The van der Waals surface area contributed by atoms with Gasteiger partial charge in [0.15, 0.2) is 11.6 Å². The summed E-state index contributed by atoms with van der Waals surface area (Å²) in [6.45, 7) is 15.4. The molecule has 12 heteroatoms. The molecule has 1 unspecified atom stereocenters. The van der Waals surface area contributed by atoms with Crippen molar-refractivity contribution in [3.8, 4) is 0 Å². The van der Waals surface area contributed by atoms with Gasteiger partial charge in [0.1, 0.15) is 0 Å². The van der Waals surface area contributed by atoms with Gasteiger partial charge in [0.25, 0.3) is 0 Å². The molecule has 1 spiro atoms. The largest absolute Gasteiger partial charge is 1.00 e. The Labute approximate surface area is 309 Å². The van der Waals surface area contributed by atoms with Crippen LogP contribution in [-0.4, -0.2) is 101 Å². The Morgan fingerprint density at radius 1 is 1.04 bits per heavy atom. The zero-order chi connectivity index (χ0) is 34.7. The third-order valence-electron chi connectivity index (χ3n) is 13.0. The molecule has 11 nitrogen and oxygen atoms in total. The number of hydrogen-bond donors (Lipinski definition) is 3. The van der Waals surface area contributed by atoms with Gasteiger partial charge in [-0.15, -0.1) is 0 Å². The number of rotatable bonds is 10. The minimum Gasteiger partial charge on any atom is -0.550 e. The fourth-order valence-corrected chi connectivity index (χ4v) is 9.91. The van der Waals surface area contributed by atoms with Gasteiger partial charge in [0, 0.05) is 49.6 Å².